The van der Waals surface area contributed by atoms with E-state index in [1.807, 2.05) is 0 Å². The number of carbonyl (C=O) groups is 1. The minimum Gasteiger partial charge on any atom is -0.314 e. The lowest BCUT2D eigenvalue weighted by Gasteiger charge is -2.26. The third-order valence-corrected chi connectivity index (χ3v) is 9.98. The molecule has 170 valence electrons. The average Bonchev–Trinajstić information content (AvgIpc) is 3.11. The fourth-order valence-electron chi connectivity index (χ4n) is 4.43. The maximum Gasteiger partial charge on any atom is 0.243 e. The largest absolute Gasteiger partial charge is 0.314 e. The standard InChI is InChI=1S/C21H24N4O5S2/c26-21-19-13-15(31(27,28)24-9-5-22-6-10-24)1-3-17(19)18-4-2-16(14-20(18)21)32(29,30)25-11-7-23-8-12-25/h1-4,13-14,22-23H,5-12H2. The highest BCUT2D eigenvalue weighted by atomic mass is 32.2. The van der Waals surface area contributed by atoms with Crippen molar-refractivity contribution in [1.29, 1.82) is 0 Å². The molecule has 0 aromatic heterocycles. The molecule has 9 nitrogen and oxygen atoms in total. The second kappa shape index (κ2) is 8.01. The summed E-state index contributed by atoms with van der Waals surface area (Å²) >= 11 is 0. The van der Waals surface area contributed by atoms with E-state index in [1.165, 1.54) is 32.9 Å². The Labute approximate surface area is 187 Å². The summed E-state index contributed by atoms with van der Waals surface area (Å²) in [4.78, 5) is 13.3. The Morgan fingerprint density at radius 3 is 1.34 bits per heavy atom. The van der Waals surface area contributed by atoms with Crippen molar-refractivity contribution >= 4 is 25.8 Å². The molecule has 0 radical (unpaired) electrons. The van der Waals surface area contributed by atoms with Crippen LogP contribution in [0.4, 0.5) is 0 Å². The van der Waals surface area contributed by atoms with Crippen LogP contribution in [0.1, 0.15) is 15.9 Å². The van der Waals surface area contributed by atoms with E-state index in [0.29, 0.717) is 63.5 Å². The molecular formula is C21H24N4O5S2. The summed E-state index contributed by atoms with van der Waals surface area (Å²) in [6.07, 6.45) is 0. The number of nitrogens with one attached hydrogen (secondary N) is 2. The number of carbonyl (C=O) groups excluding carboxylic acids is 1. The van der Waals surface area contributed by atoms with Crippen LogP contribution in [-0.2, 0) is 20.0 Å². The molecule has 0 atom stereocenters. The molecule has 5 rings (SSSR count). The molecule has 2 saturated heterocycles. The Morgan fingerprint density at radius 2 is 0.969 bits per heavy atom. The van der Waals surface area contributed by atoms with Gasteiger partial charge >= 0.3 is 0 Å². The van der Waals surface area contributed by atoms with E-state index in [1.54, 1.807) is 12.1 Å². The molecule has 0 amide bonds. The van der Waals surface area contributed by atoms with Crippen molar-refractivity contribution in [3.63, 3.8) is 0 Å². The Bertz CT molecular complexity index is 1200. The van der Waals surface area contributed by atoms with Gasteiger partial charge in [-0.2, -0.15) is 8.61 Å². The summed E-state index contributed by atoms with van der Waals surface area (Å²) < 4.78 is 54.9. The summed E-state index contributed by atoms with van der Waals surface area (Å²) in [7, 11) is -7.42. The molecule has 32 heavy (non-hydrogen) atoms. The van der Waals surface area contributed by atoms with E-state index in [0.717, 1.165) is 0 Å². The quantitative estimate of drug-likeness (QED) is 0.548. The summed E-state index contributed by atoms with van der Waals surface area (Å²) in [5.41, 5.74) is 1.81. The first-order chi connectivity index (χ1) is 15.3. The highest BCUT2D eigenvalue weighted by Crippen LogP contribution is 2.39. The minimum atomic E-state index is -3.71. The third kappa shape index (κ3) is 3.49. The molecule has 2 fully saturated rings. The van der Waals surface area contributed by atoms with Crippen LogP contribution < -0.4 is 10.6 Å². The fraction of sp³-hybridized carbons (Fsp3) is 0.381. The van der Waals surface area contributed by atoms with E-state index >= 15 is 0 Å². The van der Waals surface area contributed by atoms with Gasteiger partial charge in [0.1, 0.15) is 0 Å². The maximum absolute atomic E-state index is 13.2. The molecule has 3 aliphatic rings. The van der Waals surface area contributed by atoms with Crippen LogP contribution in [0.2, 0.25) is 0 Å². The van der Waals surface area contributed by atoms with E-state index in [2.05, 4.69) is 10.6 Å². The Hall–Kier alpha value is -2.15. The number of ketones is 1. The molecule has 1 aliphatic carbocycles. The van der Waals surface area contributed by atoms with Crippen molar-refractivity contribution in [3.8, 4) is 11.1 Å². The number of fused-ring (bicyclic) bond motifs is 3. The number of hydrogen-bond donors (Lipinski definition) is 2. The minimum absolute atomic E-state index is 0.0768. The molecule has 0 spiro atoms. The van der Waals surface area contributed by atoms with Gasteiger partial charge in [0.15, 0.2) is 5.78 Å². The van der Waals surface area contributed by atoms with Crippen LogP contribution in [0, 0.1) is 0 Å². The number of nitrogens with zero attached hydrogens (tertiary/aromatic N) is 2. The molecule has 0 saturated carbocycles. The smallest absolute Gasteiger partial charge is 0.243 e. The van der Waals surface area contributed by atoms with Gasteiger partial charge in [0.2, 0.25) is 20.0 Å². The SMILES string of the molecule is O=C1c2cc(S(=O)(=O)N3CCNCC3)ccc2-c2ccc(S(=O)(=O)N3CCNCC3)cc21. The topological polar surface area (TPSA) is 116 Å². The van der Waals surface area contributed by atoms with Crippen molar-refractivity contribution < 1.29 is 21.6 Å². The molecule has 11 heteroatoms. The molecule has 2 aliphatic heterocycles. The third-order valence-electron chi connectivity index (χ3n) is 6.19. The lowest BCUT2D eigenvalue weighted by atomic mass is 10.1. The number of piperazine rings is 2. The molecule has 2 aromatic carbocycles. The normalized spacial score (nSPS) is 20.2. The number of rotatable bonds is 4. The highest BCUT2D eigenvalue weighted by molar-refractivity contribution is 7.89. The summed E-state index contributed by atoms with van der Waals surface area (Å²) in [5, 5.41) is 6.25. The molecule has 2 heterocycles. The van der Waals surface area contributed by atoms with Crippen molar-refractivity contribution in [2.24, 2.45) is 0 Å². The van der Waals surface area contributed by atoms with Crippen LogP contribution in [0.25, 0.3) is 11.1 Å². The molecule has 2 aromatic rings. The molecule has 0 unspecified atom stereocenters. The second-order valence-corrected chi connectivity index (χ2v) is 11.9. The van der Waals surface area contributed by atoms with Crippen LogP contribution in [0.5, 0.6) is 0 Å². The Kier molecular flexibility index (Phi) is 5.43. The van der Waals surface area contributed by atoms with Gasteiger partial charge < -0.3 is 10.6 Å². The van der Waals surface area contributed by atoms with Crippen LogP contribution in [0.15, 0.2) is 46.2 Å². The first-order valence-corrected chi connectivity index (χ1v) is 13.4. The van der Waals surface area contributed by atoms with E-state index < -0.39 is 20.0 Å². The predicted molar refractivity (Wildman–Crippen MR) is 119 cm³/mol. The van der Waals surface area contributed by atoms with Gasteiger partial charge in [0.25, 0.3) is 0 Å². The van der Waals surface area contributed by atoms with Gasteiger partial charge in [0, 0.05) is 63.5 Å². The van der Waals surface area contributed by atoms with E-state index in [-0.39, 0.29) is 26.7 Å². The van der Waals surface area contributed by atoms with E-state index in [4.69, 9.17) is 0 Å². The Balaban J connectivity index is 1.50. The van der Waals surface area contributed by atoms with E-state index in [9.17, 15) is 21.6 Å². The van der Waals surface area contributed by atoms with Crippen LogP contribution in [0.3, 0.4) is 0 Å². The average molecular weight is 477 g/mol. The lowest BCUT2D eigenvalue weighted by Crippen LogP contribution is -2.46. The lowest BCUT2D eigenvalue weighted by molar-refractivity contribution is 0.104. The number of benzene rings is 2. The van der Waals surface area contributed by atoms with Crippen molar-refractivity contribution in [2.45, 2.75) is 9.79 Å². The zero-order valence-electron chi connectivity index (χ0n) is 17.4. The fourth-order valence-corrected chi connectivity index (χ4v) is 7.36. The first-order valence-electron chi connectivity index (χ1n) is 10.5. The highest BCUT2D eigenvalue weighted by Gasteiger charge is 2.33. The Morgan fingerprint density at radius 1 is 0.594 bits per heavy atom. The number of sulfonamides is 2. The van der Waals surface area contributed by atoms with Crippen LogP contribution in [-0.4, -0.2) is 83.6 Å². The molecule has 2 N–H and O–H groups in total. The van der Waals surface area contributed by atoms with Crippen molar-refractivity contribution in [2.75, 3.05) is 52.4 Å². The molecule has 0 bridgehead atoms. The van der Waals surface area contributed by atoms with Gasteiger partial charge in [-0.15, -0.1) is 0 Å². The second-order valence-electron chi connectivity index (χ2n) is 8.05. The van der Waals surface area contributed by atoms with Crippen molar-refractivity contribution in [3.05, 3.63) is 47.5 Å². The first kappa shape index (κ1) is 21.7. The van der Waals surface area contributed by atoms with Gasteiger partial charge in [0.05, 0.1) is 9.79 Å². The maximum atomic E-state index is 13.2. The summed E-state index contributed by atoms with van der Waals surface area (Å²) in [5.74, 6) is -0.357. The molecular weight excluding hydrogens is 452 g/mol. The van der Waals surface area contributed by atoms with Gasteiger partial charge in [-0.3, -0.25) is 4.79 Å². The van der Waals surface area contributed by atoms with Gasteiger partial charge in [-0.25, -0.2) is 16.8 Å². The van der Waals surface area contributed by atoms with Crippen molar-refractivity contribution in [1.82, 2.24) is 19.2 Å². The van der Waals surface area contributed by atoms with Gasteiger partial charge in [-0.05, 0) is 35.4 Å². The number of hydrogen-bond acceptors (Lipinski definition) is 7. The predicted octanol–water partition coefficient (Wildman–Crippen LogP) is 0.0858. The zero-order chi connectivity index (χ0) is 22.5. The summed E-state index contributed by atoms with van der Waals surface area (Å²) in [6, 6.07) is 9.14. The van der Waals surface area contributed by atoms with Crippen LogP contribution >= 0.6 is 0 Å². The van der Waals surface area contributed by atoms with Gasteiger partial charge in [-0.1, -0.05) is 12.1 Å². The zero-order valence-corrected chi connectivity index (χ0v) is 19.0. The monoisotopic (exact) mass is 476 g/mol. The summed E-state index contributed by atoms with van der Waals surface area (Å²) in [6.45, 7) is 3.83.